The van der Waals surface area contributed by atoms with Gasteiger partial charge in [-0.25, -0.2) is 9.97 Å². The molecule has 0 aliphatic rings. The first-order chi connectivity index (χ1) is 8.81. The number of hydrogen-bond donors (Lipinski definition) is 1. The van der Waals surface area contributed by atoms with E-state index in [4.69, 9.17) is 5.11 Å². The number of aliphatic carboxylic acids is 1. The molecule has 0 spiro atoms. The van der Waals surface area contributed by atoms with Crippen LogP contribution < -0.4 is 4.90 Å². The molecule has 5 nitrogen and oxygen atoms in total. The SMILES string of the molecule is CCCc1cc(N(CC(=O)O)CC(F)(F)F)ncn1. The number of alkyl halides is 3. The summed E-state index contributed by atoms with van der Waals surface area (Å²) in [5, 5.41) is 8.66. The number of hydrogen-bond acceptors (Lipinski definition) is 4. The summed E-state index contributed by atoms with van der Waals surface area (Å²) in [4.78, 5) is 18.9. The molecule has 8 heteroatoms. The van der Waals surface area contributed by atoms with Crippen LogP contribution in [0.4, 0.5) is 19.0 Å². The van der Waals surface area contributed by atoms with Gasteiger partial charge in [-0.05, 0) is 6.42 Å². The normalized spacial score (nSPS) is 11.4. The molecule has 0 fully saturated rings. The van der Waals surface area contributed by atoms with Crippen LogP contribution in [0.5, 0.6) is 0 Å². The Morgan fingerprint density at radius 2 is 2.11 bits per heavy atom. The average Bonchev–Trinajstić information content (AvgIpc) is 2.26. The van der Waals surface area contributed by atoms with E-state index < -0.39 is 25.2 Å². The minimum Gasteiger partial charge on any atom is -0.480 e. The maximum absolute atomic E-state index is 12.4. The third-order valence-corrected chi connectivity index (χ3v) is 2.24. The van der Waals surface area contributed by atoms with Crippen molar-refractivity contribution >= 4 is 11.8 Å². The van der Waals surface area contributed by atoms with E-state index in [1.54, 1.807) is 0 Å². The molecular weight excluding hydrogens is 263 g/mol. The summed E-state index contributed by atoms with van der Waals surface area (Å²) in [5.41, 5.74) is 0.588. The Kier molecular flexibility index (Phi) is 5.08. The molecule has 1 aromatic heterocycles. The van der Waals surface area contributed by atoms with Crippen LogP contribution in [0.15, 0.2) is 12.4 Å². The van der Waals surface area contributed by atoms with Crippen molar-refractivity contribution in [2.75, 3.05) is 18.0 Å². The number of halogens is 3. The van der Waals surface area contributed by atoms with Crippen LogP contribution in [0, 0.1) is 0 Å². The van der Waals surface area contributed by atoms with E-state index in [1.807, 2.05) is 6.92 Å². The first-order valence-electron chi connectivity index (χ1n) is 5.66. The monoisotopic (exact) mass is 277 g/mol. The van der Waals surface area contributed by atoms with Gasteiger partial charge in [-0.15, -0.1) is 0 Å². The highest BCUT2D eigenvalue weighted by molar-refractivity contribution is 5.73. The van der Waals surface area contributed by atoms with E-state index in [1.165, 1.54) is 6.07 Å². The molecule has 19 heavy (non-hydrogen) atoms. The number of rotatable bonds is 6. The second-order valence-corrected chi connectivity index (χ2v) is 3.98. The van der Waals surface area contributed by atoms with Gasteiger partial charge in [0.1, 0.15) is 25.2 Å². The lowest BCUT2D eigenvalue weighted by Gasteiger charge is -2.23. The highest BCUT2D eigenvalue weighted by atomic mass is 19.4. The maximum atomic E-state index is 12.4. The molecule has 1 aromatic rings. The maximum Gasteiger partial charge on any atom is 0.405 e. The van der Waals surface area contributed by atoms with Crippen LogP contribution in [-0.4, -0.2) is 40.3 Å². The van der Waals surface area contributed by atoms with Crippen molar-refractivity contribution < 1.29 is 23.1 Å². The summed E-state index contributed by atoms with van der Waals surface area (Å²) < 4.78 is 37.2. The fourth-order valence-electron chi connectivity index (χ4n) is 1.55. The van der Waals surface area contributed by atoms with E-state index in [9.17, 15) is 18.0 Å². The zero-order chi connectivity index (χ0) is 14.5. The Hall–Kier alpha value is -1.86. The van der Waals surface area contributed by atoms with Crippen molar-refractivity contribution in [3.05, 3.63) is 18.1 Å². The third kappa shape index (κ3) is 5.54. The molecule has 0 bridgehead atoms. The molecule has 0 aliphatic heterocycles. The van der Waals surface area contributed by atoms with Crippen molar-refractivity contribution in [3.8, 4) is 0 Å². The summed E-state index contributed by atoms with van der Waals surface area (Å²) in [5.74, 6) is -1.38. The Morgan fingerprint density at radius 1 is 1.42 bits per heavy atom. The van der Waals surface area contributed by atoms with Crippen LogP contribution in [-0.2, 0) is 11.2 Å². The molecule has 1 rings (SSSR count). The van der Waals surface area contributed by atoms with Gasteiger partial charge < -0.3 is 10.0 Å². The average molecular weight is 277 g/mol. The molecule has 0 aliphatic carbocycles. The molecule has 0 radical (unpaired) electrons. The number of carbonyl (C=O) groups is 1. The second kappa shape index (κ2) is 6.35. The van der Waals surface area contributed by atoms with Crippen molar-refractivity contribution in [1.82, 2.24) is 9.97 Å². The van der Waals surface area contributed by atoms with Gasteiger partial charge in [0.25, 0.3) is 0 Å². The van der Waals surface area contributed by atoms with Crippen LogP contribution >= 0.6 is 0 Å². The summed E-state index contributed by atoms with van der Waals surface area (Å²) >= 11 is 0. The van der Waals surface area contributed by atoms with E-state index in [0.717, 1.165) is 12.7 Å². The summed E-state index contributed by atoms with van der Waals surface area (Å²) in [6.07, 6.45) is -1.96. The second-order valence-electron chi connectivity index (χ2n) is 3.98. The first kappa shape index (κ1) is 15.2. The number of aryl methyl sites for hydroxylation is 1. The highest BCUT2D eigenvalue weighted by Gasteiger charge is 2.32. The quantitative estimate of drug-likeness (QED) is 0.860. The number of nitrogens with zero attached hydrogens (tertiary/aromatic N) is 3. The molecule has 0 saturated heterocycles. The van der Waals surface area contributed by atoms with Crippen molar-refractivity contribution in [2.45, 2.75) is 25.9 Å². The third-order valence-electron chi connectivity index (χ3n) is 2.24. The van der Waals surface area contributed by atoms with Crippen LogP contribution in [0.1, 0.15) is 19.0 Å². The van der Waals surface area contributed by atoms with Gasteiger partial charge >= 0.3 is 12.1 Å². The van der Waals surface area contributed by atoms with Crippen LogP contribution in [0.25, 0.3) is 0 Å². The van der Waals surface area contributed by atoms with Crippen LogP contribution in [0.2, 0.25) is 0 Å². The molecular formula is C11H14F3N3O2. The van der Waals surface area contributed by atoms with Crippen molar-refractivity contribution in [3.63, 3.8) is 0 Å². The molecule has 0 saturated carbocycles. The lowest BCUT2D eigenvalue weighted by atomic mass is 10.2. The van der Waals surface area contributed by atoms with E-state index in [2.05, 4.69) is 9.97 Å². The highest BCUT2D eigenvalue weighted by Crippen LogP contribution is 2.20. The Bertz CT molecular complexity index is 437. The zero-order valence-electron chi connectivity index (χ0n) is 10.3. The minimum absolute atomic E-state index is 0.0295. The van der Waals surface area contributed by atoms with Crippen LogP contribution in [0.3, 0.4) is 0 Å². The largest absolute Gasteiger partial charge is 0.480 e. The predicted octanol–water partition coefficient (Wildman–Crippen LogP) is 1.88. The topological polar surface area (TPSA) is 66.3 Å². The first-order valence-corrected chi connectivity index (χ1v) is 5.66. The van der Waals surface area contributed by atoms with Gasteiger partial charge in [-0.1, -0.05) is 13.3 Å². The van der Waals surface area contributed by atoms with Gasteiger partial charge in [0.15, 0.2) is 0 Å². The Morgan fingerprint density at radius 3 is 2.63 bits per heavy atom. The van der Waals surface area contributed by atoms with Gasteiger partial charge in [0, 0.05) is 11.8 Å². The minimum atomic E-state index is -4.49. The molecule has 0 amide bonds. The molecule has 1 heterocycles. The summed E-state index contributed by atoms with van der Waals surface area (Å²) in [6.45, 7) is -0.212. The van der Waals surface area contributed by atoms with Gasteiger partial charge in [0.05, 0.1) is 0 Å². The van der Waals surface area contributed by atoms with Gasteiger partial charge in [-0.2, -0.15) is 13.2 Å². The zero-order valence-corrected chi connectivity index (χ0v) is 10.3. The van der Waals surface area contributed by atoms with E-state index >= 15 is 0 Å². The molecule has 0 atom stereocenters. The summed E-state index contributed by atoms with van der Waals surface area (Å²) in [7, 11) is 0. The van der Waals surface area contributed by atoms with E-state index in [-0.39, 0.29) is 5.82 Å². The molecule has 0 unspecified atom stereocenters. The fraction of sp³-hybridized carbons (Fsp3) is 0.545. The van der Waals surface area contributed by atoms with Crippen molar-refractivity contribution in [2.24, 2.45) is 0 Å². The number of carboxylic acid groups (broad SMARTS) is 1. The van der Waals surface area contributed by atoms with Crippen molar-refractivity contribution in [1.29, 1.82) is 0 Å². The number of carboxylic acids is 1. The molecule has 0 aromatic carbocycles. The molecule has 106 valence electrons. The van der Waals surface area contributed by atoms with E-state index in [0.29, 0.717) is 17.0 Å². The predicted molar refractivity (Wildman–Crippen MR) is 61.9 cm³/mol. The lowest BCUT2D eigenvalue weighted by Crippen LogP contribution is -2.38. The summed E-state index contributed by atoms with van der Waals surface area (Å²) in [6, 6.07) is 1.39. The lowest BCUT2D eigenvalue weighted by molar-refractivity contribution is -0.136. The smallest absolute Gasteiger partial charge is 0.405 e. The van der Waals surface area contributed by atoms with Gasteiger partial charge in [0.2, 0.25) is 0 Å². The van der Waals surface area contributed by atoms with Gasteiger partial charge in [-0.3, -0.25) is 4.79 Å². The standard InChI is InChI=1S/C11H14F3N3O2/c1-2-3-8-4-9(16-7-15-8)17(5-10(18)19)6-11(12,13)14/h4,7H,2-3,5-6H2,1H3,(H,18,19). The fourth-order valence-corrected chi connectivity index (χ4v) is 1.55. The number of aromatic nitrogens is 2. The number of anilines is 1. The molecule has 1 N–H and O–H groups in total. The Balaban J connectivity index is 2.95. The Labute approximate surface area is 108 Å².